The molecule has 1 fully saturated rings. The van der Waals surface area contributed by atoms with Crippen LogP contribution in [0, 0.1) is 0 Å². The lowest BCUT2D eigenvalue weighted by Crippen LogP contribution is -3.15. The van der Waals surface area contributed by atoms with Gasteiger partial charge in [-0.2, -0.15) is 4.31 Å². The zero-order valence-electron chi connectivity index (χ0n) is 16.2. The third kappa shape index (κ3) is 4.71. The third-order valence-corrected chi connectivity index (χ3v) is 8.12. The summed E-state index contributed by atoms with van der Waals surface area (Å²) < 4.78 is 27.9. The highest BCUT2D eigenvalue weighted by Gasteiger charge is 2.31. The van der Waals surface area contributed by atoms with Crippen molar-refractivity contribution in [2.45, 2.75) is 24.2 Å². The highest BCUT2D eigenvalue weighted by molar-refractivity contribution is 9.10. The summed E-state index contributed by atoms with van der Waals surface area (Å²) in [4.78, 5) is 13.9. The highest BCUT2D eigenvalue weighted by atomic mass is 79.9. The number of carbonyl (C=O) groups excluding carboxylic acids is 1. The maximum Gasteiger partial charge on any atom is 0.279 e. The average Bonchev–Trinajstić information content (AvgIpc) is 3.16. The van der Waals surface area contributed by atoms with Gasteiger partial charge in [0.2, 0.25) is 10.0 Å². The molecule has 2 aromatic carbocycles. The Kier molecular flexibility index (Phi) is 6.06. The van der Waals surface area contributed by atoms with Gasteiger partial charge in [-0.1, -0.05) is 22.0 Å². The topological polar surface area (TPSA) is 70.9 Å². The van der Waals surface area contributed by atoms with Gasteiger partial charge in [-0.3, -0.25) is 4.79 Å². The lowest BCUT2D eigenvalue weighted by atomic mass is 10.1. The van der Waals surface area contributed by atoms with Crippen LogP contribution in [-0.4, -0.2) is 51.4 Å². The van der Waals surface area contributed by atoms with Crippen LogP contribution in [0.2, 0.25) is 0 Å². The molecule has 0 bridgehead atoms. The number of piperazine rings is 1. The molecule has 0 saturated carbocycles. The van der Waals surface area contributed by atoms with Crippen LogP contribution in [0.5, 0.6) is 0 Å². The first-order valence-corrected chi connectivity index (χ1v) is 12.2. The van der Waals surface area contributed by atoms with Gasteiger partial charge in [0.25, 0.3) is 5.91 Å². The van der Waals surface area contributed by atoms with Gasteiger partial charge in [0, 0.05) is 10.2 Å². The van der Waals surface area contributed by atoms with E-state index in [1.165, 1.54) is 21.9 Å². The SMILES string of the molecule is O=C(C[NH+]1CCN(S(=O)(=O)c2ccc(Br)cc2)CC1)Nc1ccc2c(c1)CCC2. The predicted molar refractivity (Wildman–Crippen MR) is 116 cm³/mol. The molecule has 154 valence electrons. The molecule has 1 aliphatic heterocycles. The van der Waals surface area contributed by atoms with Crippen LogP contribution in [0.4, 0.5) is 5.69 Å². The van der Waals surface area contributed by atoms with Crippen LogP contribution in [0.1, 0.15) is 17.5 Å². The van der Waals surface area contributed by atoms with Crippen molar-refractivity contribution in [2.24, 2.45) is 0 Å². The largest absolute Gasteiger partial charge is 0.325 e. The van der Waals surface area contributed by atoms with Crippen molar-refractivity contribution >= 4 is 37.5 Å². The standard InChI is InChI=1S/C21H24BrN3O3S/c22-18-5-8-20(9-6-18)29(27,28)25-12-10-24(11-13-25)15-21(26)23-19-7-4-16-2-1-3-17(16)14-19/h4-9,14H,1-3,10-13,15H2,(H,23,26)/p+1. The van der Waals surface area contributed by atoms with E-state index < -0.39 is 10.0 Å². The number of halogens is 1. The number of quaternary nitrogens is 1. The smallest absolute Gasteiger partial charge is 0.279 e. The average molecular weight is 479 g/mol. The summed E-state index contributed by atoms with van der Waals surface area (Å²) in [6.45, 7) is 2.42. The zero-order valence-corrected chi connectivity index (χ0v) is 18.6. The Morgan fingerprint density at radius 2 is 1.72 bits per heavy atom. The molecule has 2 N–H and O–H groups in total. The number of fused-ring (bicyclic) bond motifs is 1. The number of nitrogens with one attached hydrogen (secondary N) is 2. The molecule has 0 unspecified atom stereocenters. The quantitative estimate of drug-likeness (QED) is 0.683. The minimum absolute atomic E-state index is 0.0258. The predicted octanol–water partition coefficient (Wildman–Crippen LogP) is 1.47. The maximum absolute atomic E-state index is 12.8. The van der Waals surface area contributed by atoms with Crippen LogP contribution in [-0.2, 0) is 27.7 Å². The molecule has 0 aromatic heterocycles. The van der Waals surface area contributed by atoms with E-state index in [1.54, 1.807) is 24.3 Å². The minimum Gasteiger partial charge on any atom is -0.325 e. The molecule has 1 amide bonds. The van der Waals surface area contributed by atoms with Crippen molar-refractivity contribution < 1.29 is 18.1 Å². The molecular weight excluding hydrogens is 454 g/mol. The highest BCUT2D eigenvalue weighted by Crippen LogP contribution is 2.24. The van der Waals surface area contributed by atoms with Gasteiger partial charge in [0.15, 0.2) is 6.54 Å². The summed E-state index contributed by atoms with van der Waals surface area (Å²) in [5, 5.41) is 3.00. The van der Waals surface area contributed by atoms with Gasteiger partial charge < -0.3 is 10.2 Å². The van der Waals surface area contributed by atoms with E-state index in [9.17, 15) is 13.2 Å². The Morgan fingerprint density at radius 1 is 1.03 bits per heavy atom. The molecule has 1 heterocycles. The summed E-state index contributed by atoms with van der Waals surface area (Å²) in [5.74, 6) is -0.0258. The number of benzene rings is 2. The maximum atomic E-state index is 12.8. The van der Waals surface area contributed by atoms with Gasteiger partial charge in [0.1, 0.15) is 0 Å². The van der Waals surface area contributed by atoms with E-state index in [0.29, 0.717) is 37.6 Å². The monoisotopic (exact) mass is 478 g/mol. The normalized spacial score (nSPS) is 17.8. The first kappa shape index (κ1) is 20.5. The second-order valence-corrected chi connectivity index (χ2v) is 10.5. The van der Waals surface area contributed by atoms with Crippen molar-refractivity contribution in [3.8, 4) is 0 Å². The summed E-state index contributed by atoms with van der Waals surface area (Å²) in [6, 6.07) is 12.9. The fourth-order valence-electron chi connectivity index (χ4n) is 4.06. The fraction of sp³-hybridized carbons (Fsp3) is 0.381. The van der Waals surface area contributed by atoms with E-state index in [1.807, 2.05) is 6.07 Å². The van der Waals surface area contributed by atoms with E-state index >= 15 is 0 Å². The van der Waals surface area contributed by atoms with E-state index in [2.05, 4.69) is 33.4 Å². The Balaban J connectivity index is 1.30. The number of sulfonamides is 1. The number of nitrogens with zero attached hydrogens (tertiary/aromatic N) is 1. The second-order valence-electron chi connectivity index (χ2n) is 7.67. The first-order valence-electron chi connectivity index (χ1n) is 9.93. The molecule has 1 aliphatic carbocycles. The lowest BCUT2D eigenvalue weighted by molar-refractivity contribution is -0.895. The summed E-state index contributed by atoms with van der Waals surface area (Å²) in [5.41, 5.74) is 3.57. The van der Waals surface area contributed by atoms with Crippen molar-refractivity contribution in [1.29, 1.82) is 0 Å². The molecule has 0 radical (unpaired) electrons. The number of hydrogen-bond acceptors (Lipinski definition) is 3. The van der Waals surface area contributed by atoms with Gasteiger partial charge in [-0.25, -0.2) is 8.42 Å². The van der Waals surface area contributed by atoms with Gasteiger partial charge >= 0.3 is 0 Å². The van der Waals surface area contributed by atoms with Crippen LogP contribution in [0.25, 0.3) is 0 Å². The molecule has 1 saturated heterocycles. The Morgan fingerprint density at radius 3 is 2.45 bits per heavy atom. The van der Waals surface area contributed by atoms with E-state index in [-0.39, 0.29) is 5.91 Å². The van der Waals surface area contributed by atoms with E-state index in [4.69, 9.17) is 0 Å². The Hall–Kier alpha value is -1.74. The molecule has 2 aliphatic rings. The number of rotatable bonds is 5. The summed E-state index contributed by atoms with van der Waals surface area (Å²) in [6.07, 6.45) is 3.39. The molecule has 2 aromatic rings. The zero-order chi connectivity index (χ0) is 20.4. The first-order chi connectivity index (χ1) is 13.9. The molecule has 4 rings (SSSR count). The number of anilines is 1. The van der Waals surface area contributed by atoms with Crippen LogP contribution in [0.15, 0.2) is 51.8 Å². The summed E-state index contributed by atoms with van der Waals surface area (Å²) >= 11 is 3.33. The third-order valence-electron chi connectivity index (χ3n) is 5.67. The van der Waals surface area contributed by atoms with Crippen molar-refractivity contribution in [3.05, 3.63) is 58.1 Å². The van der Waals surface area contributed by atoms with Gasteiger partial charge in [0.05, 0.1) is 31.1 Å². The van der Waals surface area contributed by atoms with Crippen LogP contribution in [0.3, 0.4) is 0 Å². The lowest BCUT2D eigenvalue weighted by Gasteiger charge is -2.31. The Labute approximate surface area is 180 Å². The molecule has 8 heteroatoms. The molecule has 0 spiro atoms. The van der Waals surface area contributed by atoms with Crippen LogP contribution >= 0.6 is 15.9 Å². The van der Waals surface area contributed by atoms with Crippen molar-refractivity contribution in [2.75, 3.05) is 38.0 Å². The molecule has 6 nitrogen and oxygen atoms in total. The minimum atomic E-state index is -3.49. The Bertz CT molecular complexity index is 1000. The number of aryl methyl sites for hydroxylation is 2. The molecular formula is C21H25BrN3O3S+. The molecule has 0 atom stereocenters. The second kappa shape index (κ2) is 8.55. The number of hydrogen-bond donors (Lipinski definition) is 2. The number of carbonyl (C=O) groups is 1. The van der Waals surface area contributed by atoms with Gasteiger partial charge in [-0.05, 0) is 66.8 Å². The van der Waals surface area contributed by atoms with Crippen molar-refractivity contribution in [1.82, 2.24) is 4.31 Å². The van der Waals surface area contributed by atoms with E-state index in [0.717, 1.165) is 27.9 Å². The number of amides is 1. The van der Waals surface area contributed by atoms with Gasteiger partial charge in [-0.15, -0.1) is 0 Å². The fourth-order valence-corrected chi connectivity index (χ4v) is 5.76. The van der Waals surface area contributed by atoms with Crippen molar-refractivity contribution in [3.63, 3.8) is 0 Å². The summed E-state index contributed by atoms with van der Waals surface area (Å²) in [7, 11) is -3.49. The van der Waals surface area contributed by atoms with Crippen LogP contribution < -0.4 is 10.2 Å². The molecule has 29 heavy (non-hydrogen) atoms.